The number of esters is 1. The summed E-state index contributed by atoms with van der Waals surface area (Å²) in [6.45, 7) is 8.27. The number of hydrogen-bond donors (Lipinski definition) is 1. The van der Waals surface area contributed by atoms with Crippen molar-refractivity contribution in [3.63, 3.8) is 0 Å². The Labute approximate surface area is 119 Å². The lowest BCUT2D eigenvalue weighted by Crippen LogP contribution is -2.51. The van der Waals surface area contributed by atoms with Crippen LogP contribution in [0.25, 0.3) is 0 Å². The van der Waals surface area contributed by atoms with Crippen LogP contribution in [-0.2, 0) is 19.1 Å². The Morgan fingerprint density at radius 3 is 2.05 bits per heavy atom. The molecule has 0 bridgehead atoms. The smallest absolute Gasteiger partial charge is 0.410 e. The van der Waals surface area contributed by atoms with E-state index in [4.69, 9.17) is 4.74 Å². The summed E-state index contributed by atoms with van der Waals surface area (Å²) in [4.78, 5) is 36.1. The molecule has 0 aliphatic carbocycles. The van der Waals surface area contributed by atoms with Crippen LogP contribution in [0.5, 0.6) is 0 Å². The minimum atomic E-state index is -0.776. The molecule has 0 fully saturated rings. The topological polar surface area (TPSA) is 84.9 Å². The van der Waals surface area contributed by atoms with E-state index in [1.807, 2.05) is 0 Å². The molecule has 0 aromatic rings. The minimum absolute atomic E-state index is 0.462. The normalized spacial score (nSPS) is 13.9. The highest BCUT2D eigenvalue weighted by Gasteiger charge is 2.28. The number of ether oxygens (including phenoxy) is 2. The average molecular weight is 288 g/mol. The van der Waals surface area contributed by atoms with Crippen LogP contribution in [0, 0.1) is 0 Å². The van der Waals surface area contributed by atoms with Crippen molar-refractivity contribution in [3.8, 4) is 0 Å². The number of rotatable bonds is 4. The zero-order chi connectivity index (χ0) is 16.1. The third-order valence-corrected chi connectivity index (χ3v) is 2.56. The van der Waals surface area contributed by atoms with E-state index in [-0.39, 0.29) is 0 Å². The summed E-state index contributed by atoms with van der Waals surface area (Å²) in [5.41, 5.74) is -0.638. The number of likely N-dealkylation sites (N-methyl/N-ethyl adjacent to an activating group) is 1. The van der Waals surface area contributed by atoms with E-state index in [9.17, 15) is 14.4 Å². The summed E-state index contributed by atoms with van der Waals surface area (Å²) in [7, 11) is 2.70. The minimum Gasteiger partial charge on any atom is -0.467 e. The van der Waals surface area contributed by atoms with Crippen molar-refractivity contribution >= 4 is 18.0 Å². The quantitative estimate of drug-likeness (QED) is 0.778. The van der Waals surface area contributed by atoms with E-state index in [1.165, 1.54) is 26.0 Å². The molecule has 0 aliphatic heterocycles. The number of hydrogen-bond acceptors (Lipinski definition) is 5. The van der Waals surface area contributed by atoms with Gasteiger partial charge in [0.05, 0.1) is 7.11 Å². The average Bonchev–Trinajstić information content (AvgIpc) is 2.33. The number of nitrogens with one attached hydrogen (secondary N) is 1. The van der Waals surface area contributed by atoms with Crippen molar-refractivity contribution in [1.29, 1.82) is 0 Å². The molecule has 116 valence electrons. The maximum atomic E-state index is 11.9. The molecular weight excluding hydrogens is 264 g/mol. The molecule has 0 aromatic heterocycles. The van der Waals surface area contributed by atoms with E-state index in [0.717, 1.165) is 0 Å². The number of carbonyl (C=O) groups excluding carboxylic acids is 3. The van der Waals surface area contributed by atoms with Crippen LogP contribution in [0.4, 0.5) is 4.79 Å². The van der Waals surface area contributed by atoms with E-state index in [2.05, 4.69) is 10.1 Å². The van der Waals surface area contributed by atoms with Gasteiger partial charge in [-0.3, -0.25) is 9.69 Å². The van der Waals surface area contributed by atoms with Gasteiger partial charge in [0.15, 0.2) is 0 Å². The maximum Gasteiger partial charge on any atom is 0.410 e. The predicted molar refractivity (Wildman–Crippen MR) is 73.1 cm³/mol. The fourth-order valence-corrected chi connectivity index (χ4v) is 1.24. The van der Waals surface area contributed by atoms with Crippen LogP contribution in [0.3, 0.4) is 0 Å². The van der Waals surface area contributed by atoms with Gasteiger partial charge in [-0.2, -0.15) is 0 Å². The third kappa shape index (κ3) is 5.90. The standard InChI is InChI=1S/C13H24N2O5/c1-8(11(17)19-7)14-10(16)9(2)15(6)12(18)20-13(3,4)5/h8-9H,1-7H3,(H,14,16)/t8-,9-/m1/s1. The van der Waals surface area contributed by atoms with Crippen LogP contribution in [0.15, 0.2) is 0 Å². The molecule has 0 heterocycles. The number of nitrogens with zero attached hydrogens (tertiary/aromatic N) is 1. The van der Waals surface area contributed by atoms with Gasteiger partial charge in [0.1, 0.15) is 17.7 Å². The molecule has 0 aromatic carbocycles. The van der Waals surface area contributed by atoms with Crippen molar-refractivity contribution in [2.24, 2.45) is 0 Å². The Kier molecular flexibility index (Phi) is 6.48. The Hall–Kier alpha value is -1.79. The zero-order valence-corrected chi connectivity index (χ0v) is 13.1. The van der Waals surface area contributed by atoms with Crippen molar-refractivity contribution in [3.05, 3.63) is 0 Å². The van der Waals surface area contributed by atoms with E-state index < -0.39 is 35.7 Å². The van der Waals surface area contributed by atoms with Gasteiger partial charge in [-0.15, -0.1) is 0 Å². The first-order valence-electron chi connectivity index (χ1n) is 6.33. The highest BCUT2D eigenvalue weighted by Crippen LogP contribution is 2.10. The van der Waals surface area contributed by atoms with Gasteiger partial charge in [-0.25, -0.2) is 9.59 Å². The number of methoxy groups -OCH3 is 1. The van der Waals surface area contributed by atoms with Gasteiger partial charge in [-0.05, 0) is 34.6 Å². The third-order valence-electron chi connectivity index (χ3n) is 2.56. The molecule has 2 amide bonds. The maximum absolute atomic E-state index is 11.9. The molecule has 0 aliphatic rings. The Morgan fingerprint density at radius 2 is 1.65 bits per heavy atom. The van der Waals surface area contributed by atoms with Crippen LogP contribution in [-0.4, -0.2) is 54.7 Å². The number of carbonyl (C=O) groups is 3. The fourth-order valence-electron chi connectivity index (χ4n) is 1.24. The van der Waals surface area contributed by atoms with Gasteiger partial charge in [-0.1, -0.05) is 0 Å². The summed E-state index contributed by atoms with van der Waals surface area (Å²) in [5.74, 6) is -1.01. The van der Waals surface area contributed by atoms with Gasteiger partial charge < -0.3 is 14.8 Å². The van der Waals surface area contributed by atoms with Crippen LogP contribution < -0.4 is 5.32 Å². The molecule has 7 heteroatoms. The summed E-state index contributed by atoms with van der Waals surface area (Å²) >= 11 is 0. The van der Waals surface area contributed by atoms with Crippen molar-refractivity contribution < 1.29 is 23.9 Å². The van der Waals surface area contributed by atoms with Gasteiger partial charge >= 0.3 is 12.1 Å². The lowest BCUT2D eigenvalue weighted by Gasteiger charge is -2.28. The molecular formula is C13H24N2O5. The SMILES string of the molecule is COC(=O)[C@@H](C)NC(=O)[C@@H](C)N(C)C(=O)OC(C)(C)C. The molecule has 0 rings (SSSR count). The second-order valence-corrected chi connectivity index (χ2v) is 5.52. The molecule has 0 spiro atoms. The second-order valence-electron chi connectivity index (χ2n) is 5.52. The molecule has 0 radical (unpaired) electrons. The first kappa shape index (κ1) is 18.2. The van der Waals surface area contributed by atoms with Crippen molar-refractivity contribution in [2.75, 3.05) is 14.2 Å². The second kappa shape index (κ2) is 7.12. The van der Waals surface area contributed by atoms with Crippen LogP contribution in [0.1, 0.15) is 34.6 Å². The lowest BCUT2D eigenvalue weighted by atomic mass is 10.2. The van der Waals surface area contributed by atoms with Crippen molar-refractivity contribution in [2.45, 2.75) is 52.3 Å². The lowest BCUT2D eigenvalue weighted by molar-refractivity contribution is -0.145. The van der Waals surface area contributed by atoms with Gasteiger partial charge in [0, 0.05) is 7.05 Å². The first-order chi connectivity index (χ1) is 8.99. The molecule has 0 saturated carbocycles. The predicted octanol–water partition coefficient (Wildman–Crippen LogP) is 0.919. The molecule has 2 atom stereocenters. The largest absolute Gasteiger partial charge is 0.467 e. The highest BCUT2D eigenvalue weighted by molar-refractivity contribution is 5.89. The molecule has 0 unspecified atom stereocenters. The zero-order valence-electron chi connectivity index (χ0n) is 13.1. The van der Waals surface area contributed by atoms with Crippen molar-refractivity contribution in [1.82, 2.24) is 10.2 Å². The van der Waals surface area contributed by atoms with Crippen LogP contribution in [0.2, 0.25) is 0 Å². The van der Waals surface area contributed by atoms with Crippen LogP contribution >= 0.6 is 0 Å². The van der Waals surface area contributed by atoms with E-state index in [0.29, 0.717) is 0 Å². The Morgan fingerprint density at radius 1 is 1.15 bits per heavy atom. The summed E-state index contributed by atoms with van der Waals surface area (Å²) in [6, 6.07) is -1.54. The van der Waals surface area contributed by atoms with E-state index in [1.54, 1.807) is 27.7 Å². The molecule has 7 nitrogen and oxygen atoms in total. The molecule has 20 heavy (non-hydrogen) atoms. The Balaban J connectivity index is 4.57. The Bertz CT molecular complexity index is 375. The summed E-state index contributed by atoms with van der Waals surface area (Å²) < 4.78 is 9.67. The van der Waals surface area contributed by atoms with Gasteiger partial charge in [0.25, 0.3) is 0 Å². The van der Waals surface area contributed by atoms with E-state index >= 15 is 0 Å². The first-order valence-corrected chi connectivity index (χ1v) is 6.33. The molecule has 0 saturated heterocycles. The fraction of sp³-hybridized carbons (Fsp3) is 0.769. The van der Waals surface area contributed by atoms with Gasteiger partial charge in [0.2, 0.25) is 5.91 Å². The highest BCUT2D eigenvalue weighted by atomic mass is 16.6. The summed E-state index contributed by atoms with van der Waals surface area (Å²) in [5, 5.41) is 2.47. The summed E-state index contributed by atoms with van der Waals surface area (Å²) in [6.07, 6.45) is -0.606. The number of amides is 2. The monoisotopic (exact) mass is 288 g/mol. The molecule has 1 N–H and O–H groups in total.